The van der Waals surface area contributed by atoms with Crippen molar-refractivity contribution in [2.75, 3.05) is 32.1 Å². The molecule has 1 atom stereocenters. The number of ether oxygens (including phenoxy) is 2. The Morgan fingerprint density at radius 3 is 2.70 bits per heavy atom. The number of hydrogen-bond acceptors (Lipinski definition) is 3. The molecular weight excluding hydrogens is 292 g/mol. The van der Waals surface area contributed by atoms with Gasteiger partial charge in [0.05, 0.1) is 25.9 Å². The molecule has 0 bridgehead atoms. The van der Waals surface area contributed by atoms with Gasteiger partial charge in [-0.2, -0.15) is 0 Å². The lowest BCUT2D eigenvalue weighted by Gasteiger charge is -2.33. The van der Waals surface area contributed by atoms with Crippen molar-refractivity contribution < 1.29 is 14.3 Å². The standard InChI is InChI=1S/C18H20N2O3/c1-22-16-10-6-5-9-15(16)19-18(21)20-11-12-23-17(13-20)14-7-3-2-4-8-14/h2-10,17H,11-13H2,1H3,(H,19,21)/t17-/m0/s1. The van der Waals surface area contributed by atoms with Gasteiger partial charge in [-0.15, -0.1) is 0 Å². The van der Waals surface area contributed by atoms with Crippen molar-refractivity contribution in [3.63, 3.8) is 0 Å². The molecule has 1 saturated heterocycles. The first-order valence-electron chi connectivity index (χ1n) is 7.63. The van der Waals surface area contributed by atoms with Crippen molar-refractivity contribution >= 4 is 11.7 Å². The van der Waals surface area contributed by atoms with E-state index in [4.69, 9.17) is 9.47 Å². The van der Waals surface area contributed by atoms with Gasteiger partial charge in [-0.3, -0.25) is 0 Å². The molecule has 1 heterocycles. The fourth-order valence-corrected chi connectivity index (χ4v) is 2.65. The van der Waals surface area contributed by atoms with E-state index in [2.05, 4.69) is 5.32 Å². The summed E-state index contributed by atoms with van der Waals surface area (Å²) < 4.78 is 11.1. The van der Waals surface area contributed by atoms with Crippen LogP contribution in [0.1, 0.15) is 11.7 Å². The van der Waals surface area contributed by atoms with E-state index in [1.54, 1.807) is 12.0 Å². The molecule has 2 aromatic carbocycles. The first-order valence-corrected chi connectivity index (χ1v) is 7.63. The summed E-state index contributed by atoms with van der Waals surface area (Å²) >= 11 is 0. The lowest BCUT2D eigenvalue weighted by Crippen LogP contribution is -2.44. The van der Waals surface area contributed by atoms with Crippen molar-refractivity contribution in [2.24, 2.45) is 0 Å². The second kappa shape index (κ2) is 7.15. The Hall–Kier alpha value is -2.53. The molecule has 0 aliphatic carbocycles. The van der Waals surface area contributed by atoms with Gasteiger partial charge in [0.2, 0.25) is 0 Å². The molecule has 2 amide bonds. The Labute approximate surface area is 135 Å². The van der Waals surface area contributed by atoms with Gasteiger partial charge >= 0.3 is 6.03 Å². The van der Waals surface area contributed by atoms with Gasteiger partial charge in [0, 0.05) is 6.54 Å². The van der Waals surface area contributed by atoms with E-state index in [9.17, 15) is 4.79 Å². The van der Waals surface area contributed by atoms with Crippen molar-refractivity contribution in [1.82, 2.24) is 4.90 Å². The zero-order valence-corrected chi connectivity index (χ0v) is 13.1. The molecule has 1 N–H and O–H groups in total. The molecule has 0 aromatic heterocycles. The molecule has 0 saturated carbocycles. The number of urea groups is 1. The van der Waals surface area contributed by atoms with Gasteiger partial charge < -0.3 is 19.7 Å². The van der Waals surface area contributed by atoms with Gasteiger partial charge in [-0.25, -0.2) is 4.79 Å². The summed E-state index contributed by atoms with van der Waals surface area (Å²) in [4.78, 5) is 14.3. The number of nitrogens with one attached hydrogen (secondary N) is 1. The van der Waals surface area contributed by atoms with Crippen LogP contribution < -0.4 is 10.1 Å². The van der Waals surface area contributed by atoms with Crippen LogP contribution in [0.5, 0.6) is 5.75 Å². The second-order valence-corrected chi connectivity index (χ2v) is 5.35. The maximum Gasteiger partial charge on any atom is 0.322 e. The number of carbonyl (C=O) groups excluding carboxylic acids is 1. The maximum atomic E-state index is 12.5. The fraction of sp³-hybridized carbons (Fsp3) is 0.278. The van der Waals surface area contributed by atoms with Crippen LogP contribution in [0.15, 0.2) is 54.6 Å². The van der Waals surface area contributed by atoms with E-state index in [-0.39, 0.29) is 12.1 Å². The monoisotopic (exact) mass is 312 g/mol. The van der Waals surface area contributed by atoms with Gasteiger partial charge in [0.25, 0.3) is 0 Å². The van der Waals surface area contributed by atoms with Gasteiger partial charge in [-0.05, 0) is 17.7 Å². The summed E-state index contributed by atoms with van der Waals surface area (Å²) in [6.45, 7) is 1.63. The minimum absolute atomic E-state index is 0.0895. The molecule has 1 fully saturated rings. The molecule has 1 aliphatic rings. The molecule has 3 rings (SSSR count). The van der Waals surface area contributed by atoms with E-state index >= 15 is 0 Å². The highest BCUT2D eigenvalue weighted by Gasteiger charge is 2.25. The summed E-state index contributed by atoms with van der Waals surface area (Å²) in [7, 11) is 1.59. The minimum Gasteiger partial charge on any atom is -0.495 e. The number of morpholine rings is 1. The highest BCUT2D eigenvalue weighted by Crippen LogP contribution is 2.25. The number of nitrogens with zero attached hydrogens (tertiary/aromatic N) is 1. The van der Waals surface area contributed by atoms with E-state index in [1.807, 2.05) is 54.6 Å². The average Bonchev–Trinajstić information content (AvgIpc) is 2.63. The van der Waals surface area contributed by atoms with Gasteiger partial charge in [0.1, 0.15) is 11.9 Å². The summed E-state index contributed by atoms with van der Waals surface area (Å²) in [6, 6.07) is 17.2. The molecular formula is C18H20N2O3. The number of hydrogen-bond donors (Lipinski definition) is 1. The quantitative estimate of drug-likeness (QED) is 0.946. The minimum atomic E-state index is -0.140. The number of amides is 2. The summed E-state index contributed by atoms with van der Waals surface area (Å²) in [6.07, 6.45) is -0.0895. The summed E-state index contributed by atoms with van der Waals surface area (Å²) in [5, 5.41) is 2.91. The van der Waals surface area contributed by atoms with E-state index < -0.39 is 0 Å². The average molecular weight is 312 g/mol. The number of anilines is 1. The van der Waals surface area contributed by atoms with Crippen LogP contribution >= 0.6 is 0 Å². The van der Waals surface area contributed by atoms with Gasteiger partial charge in [-0.1, -0.05) is 42.5 Å². The molecule has 0 spiro atoms. The van der Waals surface area contributed by atoms with E-state index in [0.717, 1.165) is 5.56 Å². The van der Waals surface area contributed by atoms with E-state index in [1.165, 1.54) is 0 Å². The Kier molecular flexibility index (Phi) is 4.78. The molecule has 2 aromatic rings. The Bertz CT molecular complexity index is 660. The molecule has 120 valence electrons. The third-order valence-corrected chi connectivity index (χ3v) is 3.87. The largest absolute Gasteiger partial charge is 0.495 e. The smallest absolute Gasteiger partial charge is 0.322 e. The van der Waals surface area contributed by atoms with Crippen LogP contribution in [0.2, 0.25) is 0 Å². The molecule has 5 nitrogen and oxygen atoms in total. The zero-order chi connectivity index (χ0) is 16.1. The summed E-state index contributed by atoms with van der Waals surface area (Å²) in [5.41, 5.74) is 1.75. The van der Waals surface area contributed by atoms with Crippen LogP contribution in [0.4, 0.5) is 10.5 Å². The number of methoxy groups -OCH3 is 1. The van der Waals surface area contributed by atoms with Gasteiger partial charge in [0.15, 0.2) is 0 Å². The highest BCUT2D eigenvalue weighted by atomic mass is 16.5. The maximum absolute atomic E-state index is 12.5. The van der Waals surface area contributed by atoms with Crippen LogP contribution in [0.3, 0.4) is 0 Å². The van der Waals surface area contributed by atoms with Crippen molar-refractivity contribution in [2.45, 2.75) is 6.10 Å². The first kappa shape index (κ1) is 15.4. The van der Waals surface area contributed by atoms with Crippen molar-refractivity contribution in [1.29, 1.82) is 0 Å². The Morgan fingerprint density at radius 2 is 1.91 bits per heavy atom. The SMILES string of the molecule is COc1ccccc1NC(=O)N1CCO[C@H](c2ccccc2)C1. The Morgan fingerprint density at radius 1 is 1.17 bits per heavy atom. The Balaban J connectivity index is 1.68. The van der Waals surface area contributed by atoms with E-state index in [0.29, 0.717) is 31.1 Å². The zero-order valence-electron chi connectivity index (χ0n) is 13.1. The molecule has 0 unspecified atom stereocenters. The topological polar surface area (TPSA) is 50.8 Å². The first-order chi connectivity index (χ1) is 11.3. The molecule has 0 radical (unpaired) electrons. The number of benzene rings is 2. The third-order valence-electron chi connectivity index (χ3n) is 3.87. The lowest BCUT2D eigenvalue weighted by molar-refractivity contribution is -0.0135. The predicted molar refractivity (Wildman–Crippen MR) is 88.7 cm³/mol. The van der Waals surface area contributed by atoms with Crippen molar-refractivity contribution in [3.05, 3.63) is 60.2 Å². The second-order valence-electron chi connectivity index (χ2n) is 5.35. The molecule has 23 heavy (non-hydrogen) atoms. The van der Waals surface area contributed by atoms with Crippen molar-refractivity contribution in [3.8, 4) is 5.75 Å². The number of carbonyl (C=O) groups is 1. The fourth-order valence-electron chi connectivity index (χ4n) is 2.65. The van der Waals surface area contributed by atoms with Crippen LogP contribution in [0.25, 0.3) is 0 Å². The summed E-state index contributed by atoms with van der Waals surface area (Å²) in [5.74, 6) is 0.647. The highest BCUT2D eigenvalue weighted by molar-refractivity contribution is 5.91. The number of para-hydroxylation sites is 2. The van der Waals surface area contributed by atoms with Crippen LogP contribution in [-0.4, -0.2) is 37.7 Å². The number of rotatable bonds is 3. The van der Waals surface area contributed by atoms with Crippen LogP contribution in [0, 0.1) is 0 Å². The predicted octanol–water partition coefficient (Wildman–Crippen LogP) is 3.30. The van der Waals surface area contributed by atoms with Crippen LogP contribution in [-0.2, 0) is 4.74 Å². The molecule has 5 heteroatoms. The third kappa shape index (κ3) is 3.63. The lowest BCUT2D eigenvalue weighted by atomic mass is 10.1. The normalized spacial score (nSPS) is 17.6. The molecule has 1 aliphatic heterocycles.